The molecule has 7 heteroatoms. The van der Waals surface area contributed by atoms with E-state index in [0.717, 1.165) is 17.2 Å². The maximum atomic E-state index is 13.8. The lowest BCUT2D eigenvalue weighted by Crippen LogP contribution is -2.36. The van der Waals surface area contributed by atoms with E-state index in [2.05, 4.69) is 0 Å². The number of sulfonamides is 1. The molecule has 0 aliphatic carbocycles. The van der Waals surface area contributed by atoms with Crippen LogP contribution in [-0.4, -0.2) is 33.5 Å². The van der Waals surface area contributed by atoms with Crippen molar-refractivity contribution in [2.75, 3.05) is 20.8 Å². The minimum Gasteiger partial charge on any atom is -0.493 e. The van der Waals surface area contributed by atoms with Gasteiger partial charge in [-0.25, -0.2) is 12.8 Å². The molecule has 3 rings (SSSR count). The third kappa shape index (κ3) is 3.21. The summed E-state index contributed by atoms with van der Waals surface area (Å²) in [5.41, 5.74) is 2.30. The Bertz CT molecular complexity index is 912. The molecule has 0 radical (unpaired) electrons. The van der Waals surface area contributed by atoms with E-state index in [9.17, 15) is 12.8 Å². The number of hydrogen-bond donors (Lipinski definition) is 0. The molecule has 1 aliphatic heterocycles. The summed E-state index contributed by atoms with van der Waals surface area (Å²) in [4.78, 5) is -0.0282. The molecule has 0 amide bonds. The van der Waals surface area contributed by atoms with Gasteiger partial charge in [-0.05, 0) is 54.3 Å². The van der Waals surface area contributed by atoms with E-state index in [1.165, 1.54) is 23.5 Å². The lowest BCUT2D eigenvalue weighted by atomic mass is 10.0. The van der Waals surface area contributed by atoms with E-state index in [1.54, 1.807) is 20.1 Å². The molecule has 2 aromatic rings. The van der Waals surface area contributed by atoms with Gasteiger partial charge in [0.1, 0.15) is 5.82 Å². The van der Waals surface area contributed by atoms with Gasteiger partial charge in [0, 0.05) is 13.1 Å². The van der Waals surface area contributed by atoms with Crippen molar-refractivity contribution in [3.05, 3.63) is 52.8 Å². The van der Waals surface area contributed by atoms with Crippen LogP contribution in [0.25, 0.3) is 0 Å². The second-order valence-electron chi connectivity index (χ2n) is 5.98. The van der Waals surface area contributed by atoms with Gasteiger partial charge in [0.2, 0.25) is 10.0 Å². The van der Waals surface area contributed by atoms with Crippen LogP contribution < -0.4 is 9.47 Å². The Balaban J connectivity index is 1.95. The highest BCUT2D eigenvalue weighted by Crippen LogP contribution is 2.34. The van der Waals surface area contributed by atoms with Gasteiger partial charge in [0.05, 0.1) is 19.1 Å². The highest BCUT2D eigenvalue weighted by Gasteiger charge is 2.29. The van der Waals surface area contributed by atoms with Gasteiger partial charge >= 0.3 is 0 Å². The molecular weight excluding hydrogens is 345 g/mol. The summed E-state index contributed by atoms with van der Waals surface area (Å²) in [7, 11) is -0.654. The smallest absolute Gasteiger partial charge is 0.243 e. The average molecular weight is 365 g/mol. The van der Waals surface area contributed by atoms with E-state index in [1.807, 2.05) is 6.07 Å². The van der Waals surface area contributed by atoms with Crippen LogP contribution in [0, 0.1) is 12.7 Å². The molecule has 0 bridgehead atoms. The first-order valence-corrected chi connectivity index (χ1v) is 9.31. The fraction of sp³-hybridized carbons (Fsp3) is 0.333. The number of aryl methyl sites for hydroxylation is 1. The molecule has 0 fully saturated rings. The van der Waals surface area contributed by atoms with Gasteiger partial charge in [-0.1, -0.05) is 6.07 Å². The lowest BCUT2D eigenvalue weighted by molar-refractivity contribution is 0.348. The zero-order chi connectivity index (χ0) is 18.2. The number of methoxy groups -OCH3 is 2. The maximum absolute atomic E-state index is 13.8. The largest absolute Gasteiger partial charge is 0.493 e. The van der Waals surface area contributed by atoms with Crippen LogP contribution in [0.5, 0.6) is 11.5 Å². The minimum atomic E-state index is -3.76. The van der Waals surface area contributed by atoms with E-state index >= 15 is 0 Å². The van der Waals surface area contributed by atoms with Gasteiger partial charge in [-0.15, -0.1) is 0 Å². The predicted molar refractivity (Wildman–Crippen MR) is 92.0 cm³/mol. The first kappa shape index (κ1) is 17.7. The molecule has 25 heavy (non-hydrogen) atoms. The predicted octanol–water partition coefficient (Wildman–Crippen LogP) is 2.90. The van der Waals surface area contributed by atoms with Crippen molar-refractivity contribution in [1.82, 2.24) is 4.31 Å². The molecule has 0 unspecified atom stereocenters. The van der Waals surface area contributed by atoms with Gasteiger partial charge in [0.25, 0.3) is 0 Å². The summed E-state index contributed by atoms with van der Waals surface area (Å²) < 4.78 is 51.4. The maximum Gasteiger partial charge on any atom is 0.243 e. The Morgan fingerprint density at radius 2 is 1.68 bits per heavy atom. The first-order chi connectivity index (χ1) is 11.9. The molecule has 0 N–H and O–H groups in total. The summed E-state index contributed by atoms with van der Waals surface area (Å²) in [5.74, 6) is 0.657. The first-order valence-electron chi connectivity index (χ1n) is 7.87. The van der Waals surface area contributed by atoms with Crippen LogP contribution in [0.2, 0.25) is 0 Å². The number of rotatable bonds is 4. The summed E-state index contributed by atoms with van der Waals surface area (Å²) >= 11 is 0. The number of benzene rings is 2. The van der Waals surface area contributed by atoms with Gasteiger partial charge in [-0.3, -0.25) is 0 Å². The summed E-state index contributed by atoms with van der Waals surface area (Å²) in [6.45, 7) is 2.15. The average Bonchev–Trinajstić information content (AvgIpc) is 2.62. The van der Waals surface area contributed by atoms with E-state index < -0.39 is 15.8 Å². The zero-order valence-corrected chi connectivity index (χ0v) is 15.2. The van der Waals surface area contributed by atoms with E-state index in [-0.39, 0.29) is 11.4 Å². The van der Waals surface area contributed by atoms with Gasteiger partial charge in [-0.2, -0.15) is 4.31 Å². The summed E-state index contributed by atoms with van der Waals surface area (Å²) in [6.07, 6.45) is 0.559. The minimum absolute atomic E-state index is 0.0282. The number of nitrogens with zero attached hydrogens (tertiary/aromatic N) is 1. The van der Waals surface area contributed by atoms with Crippen molar-refractivity contribution in [1.29, 1.82) is 0 Å². The lowest BCUT2D eigenvalue weighted by Gasteiger charge is -2.29. The Hall–Kier alpha value is -2.12. The molecule has 0 saturated carbocycles. The highest BCUT2D eigenvalue weighted by molar-refractivity contribution is 7.89. The Morgan fingerprint density at radius 1 is 1.04 bits per heavy atom. The van der Waals surface area contributed by atoms with Crippen LogP contribution in [-0.2, 0) is 23.0 Å². The molecular formula is C18H20FNO4S. The van der Waals surface area contributed by atoms with Crippen molar-refractivity contribution in [2.45, 2.75) is 24.8 Å². The molecule has 1 heterocycles. The number of halogens is 1. The third-order valence-corrected chi connectivity index (χ3v) is 6.31. The molecule has 0 spiro atoms. The number of fused-ring (bicyclic) bond motifs is 1. The van der Waals surface area contributed by atoms with Gasteiger partial charge < -0.3 is 9.47 Å². The van der Waals surface area contributed by atoms with Crippen molar-refractivity contribution in [2.24, 2.45) is 0 Å². The van der Waals surface area contributed by atoms with Crippen LogP contribution in [0.15, 0.2) is 35.2 Å². The standard InChI is InChI=1S/C18H20FNO4S/c1-12-4-5-15(10-16(12)19)25(21,22)20-7-6-13-8-17(23-2)18(24-3)9-14(13)11-20/h4-5,8-10H,6-7,11H2,1-3H3. The van der Waals surface area contributed by atoms with Crippen molar-refractivity contribution in [3.8, 4) is 11.5 Å². The van der Waals surface area contributed by atoms with Crippen LogP contribution in [0.1, 0.15) is 16.7 Å². The number of ether oxygens (including phenoxy) is 2. The summed E-state index contributed by atoms with van der Waals surface area (Å²) in [5, 5.41) is 0. The molecule has 5 nitrogen and oxygen atoms in total. The van der Waals surface area contributed by atoms with Crippen molar-refractivity contribution >= 4 is 10.0 Å². The fourth-order valence-electron chi connectivity index (χ4n) is 2.95. The van der Waals surface area contributed by atoms with E-state index in [0.29, 0.717) is 30.0 Å². The second kappa shape index (κ2) is 6.65. The normalized spacial score (nSPS) is 14.9. The zero-order valence-electron chi connectivity index (χ0n) is 14.4. The van der Waals surface area contributed by atoms with Crippen molar-refractivity contribution < 1.29 is 22.3 Å². The highest BCUT2D eigenvalue weighted by atomic mass is 32.2. The van der Waals surface area contributed by atoms with Crippen LogP contribution in [0.3, 0.4) is 0 Å². The molecule has 1 aliphatic rings. The van der Waals surface area contributed by atoms with Crippen LogP contribution >= 0.6 is 0 Å². The Kier molecular flexibility index (Phi) is 4.71. The Labute approximate surface area is 147 Å². The number of hydrogen-bond acceptors (Lipinski definition) is 4. The molecule has 0 saturated heterocycles. The molecule has 0 aromatic heterocycles. The SMILES string of the molecule is COc1cc2c(cc1OC)CN(S(=O)(=O)c1ccc(C)c(F)c1)CC2. The van der Waals surface area contributed by atoms with Crippen LogP contribution in [0.4, 0.5) is 4.39 Å². The Morgan fingerprint density at radius 3 is 2.28 bits per heavy atom. The molecule has 0 atom stereocenters. The van der Waals surface area contributed by atoms with Crippen molar-refractivity contribution in [3.63, 3.8) is 0 Å². The quantitative estimate of drug-likeness (QED) is 0.836. The van der Waals surface area contributed by atoms with Gasteiger partial charge in [0.15, 0.2) is 11.5 Å². The topological polar surface area (TPSA) is 55.8 Å². The monoisotopic (exact) mass is 365 g/mol. The third-order valence-electron chi connectivity index (χ3n) is 4.46. The fourth-order valence-corrected chi connectivity index (χ4v) is 4.38. The summed E-state index contributed by atoms with van der Waals surface area (Å²) in [6, 6.07) is 7.68. The van der Waals surface area contributed by atoms with E-state index in [4.69, 9.17) is 9.47 Å². The molecule has 134 valence electrons. The second-order valence-corrected chi connectivity index (χ2v) is 7.91. The molecule has 2 aromatic carbocycles.